The molecule has 5 atom stereocenters. The molecule has 2 saturated heterocycles. The molecule has 3 fully saturated rings. The molecule has 6 heteroatoms. The van der Waals surface area contributed by atoms with E-state index in [2.05, 4.69) is 88.4 Å². The second-order valence-electron chi connectivity index (χ2n) is 13.6. The zero-order valence-electron chi connectivity index (χ0n) is 25.6. The van der Waals surface area contributed by atoms with Crippen molar-refractivity contribution in [3.63, 3.8) is 0 Å². The molecule has 3 aliphatic rings. The first-order valence-corrected chi connectivity index (χ1v) is 17.9. The van der Waals surface area contributed by atoms with Crippen LogP contribution in [0.25, 0.3) is 0 Å². The molecule has 2 heterocycles. The van der Waals surface area contributed by atoms with Crippen molar-refractivity contribution in [3.8, 4) is 0 Å². The molecule has 224 valence electrons. The third-order valence-corrected chi connectivity index (χ3v) is 15.0. The molecule has 0 radical (unpaired) electrons. The van der Waals surface area contributed by atoms with Crippen LogP contribution in [0.1, 0.15) is 85.5 Å². The van der Waals surface area contributed by atoms with Gasteiger partial charge in [-0.25, -0.2) is 0 Å². The van der Waals surface area contributed by atoms with Crippen molar-refractivity contribution in [2.24, 2.45) is 17.3 Å². The molecule has 1 unspecified atom stereocenters. The Morgan fingerprint density at radius 2 is 1.66 bits per heavy atom. The van der Waals surface area contributed by atoms with Crippen LogP contribution in [0, 0.1) is 17.3 Å². The number of unbranched alkanes of at least 4 members (excludes halogenated alkanes) is 2. The van der Waals surface area contributed by atoms with E-state index in [0.717, 1.165) is 45.1 Å². The molecule has 2 aliphatic heterocycles. The summed E-state index contributed by atoms with van der Waals surface area (Å²) in [5.41, 5.74) is -0.0537. The van der Waals surface area contributed by atoms with Gasteiger partial charge in [0.1, 0.15) is 0 Å². The smallest absolute Gasteiger partial charge is 0.306 e. The van der Waals surface area contributed by atoms with E-state index < -0.39 is 8.32 Å². The van der Waals surface area contributed by atoms with Crippen LogP contribution >= 0.6 is 0 Å². The molecule has 41 heavy (non-hydrogen) atoms. The van der Waals surface area contributed by atoms with Crippen LogP contribution in [-0.4, -0.2) is 46.5 Å². The van der Waals surface area contributed by atoms with E-state index in [1.165, 1.54) is 23.2 Å². The van der Waals surface area contributed by atoms with Gasteiger partial charge >= 0.3 is 5.97 Å². The minimum atomic E-state index is -2.73. The highest BCUT2D eigenvalue weighted by atomic mass is 28.4. The number of cyclic esters (lactones) is 1. The Labute approximate surface area is 248 Å². The molecule has 2 aromatic carbocycles. The highest BCUT2D eigenvalue weighted by molar-refractivity contribution is 6.99. The summed E-state index contributed by atoms with van der Waals surface area (Å²) < 4.78 is 26.2. The Kier molecular flexibility index (Phi) is 9.74. The lowest BCUT2D eigenvalue weighted by atomic mass is 9.70. The summed E-state index contributed by atoms with van der Waals surface area (Å²) in [7, 11) is -2.73. The second kappa shape index (κ2) is 13.1. The first kappa shape index (κ1) is 30.5. The van der Waals surface area contributed by atoms with Gasteiger partial charge in [-0.05, 0) is 53.4 Å². The van der Waals surface area contributed by atoms with E-state index in [0.29, 0.717) is 19.6 Å². The Morgan fingerprint density at radius 1 is 0.976 bits per heavy atom. The zero-order chi connectivity index (χ0) is 28.9. The molecule has 0 amide bonds. The van der Waals surface area contributed by atoms with Gasteiger partial charge in [-0.2, -0.15) is 0 Å². The Morgan fingerprint density at radius 3 is 2.24 bits per heavy atom. The summed E-state index contributed by atoms with van der Waals surface area (Å²) in [5.74, 6) is 0.218. The summed E-state index contributed by atoms with van der Waals surface area (Å²) in [6.45, 7) is 11.0. The van der Waals surface area contributed by atoms with Gasteiger partial charge < -0.3 is 18.6 Å². The molecule has 1 saturated carbocycles. The van der Waals surface area contributed by atoms with Gasteiger partial charge in [0.25, 0.3) is 8.32 Å². The number of esters is 1. The first-order chi connectivity index (χ1) is 19.8. The van der Waals surface area contributed by atoms with E-state index in [1.54, 1.807) is 0 Å². The molecule has 0 aromatic heterocycles. The molecular weight excluding hydrogens is 528 g/mol. The van der Waals surface area contributed by atoms with Gasteiger partial charge in [0, 0.05) is 31.0 Å². The highest BCUT2D eigenvalue weighted by Gasteiger charge is 2.59. The van der Waals surface area contributed by atoms with Crippen LogP contribution in [0.3, 0.4) is 0 Å². The van der Waals surface area contributed by atoms with Gasteiger partial charge in [-0.3, -0.25) is 4.79 Å². The lowest BCUT2D eigenvalue weighted by Crippen LogP contribution is -2.67. The first-order valence-electron chi connectivity index (χ1n) is 16.0. The van der Waals surface area contributed by atoms with Gasteiger partial charge in [0.15, 0.2) is 6.29 Å². The molecule has 0 spiro atoms. The van der Waals surface area contributed by atoms with Crippen LogP contribution in [0.2, 0.25) is 5.04 Å². The van der Waals surface area contributed by atoms with Gasteiger partial charge in [-0.1, -0.05) is 108 Å². The normalized spacial score (nSPS) is 28.7. The molecule has 1 aliphatic carbocycles. The fourth-order valence-corrected chi connectivity index (χ4v) is 12.5. The quantitative estimate of drug-likeness (QED) is 0.170. The summed E-state index contributed by atoms with van der Waals surface area (Å²) in [4.78, 5) is 12.8. The Bertz CT molecular complexity index is 1070. The van der Waals surface area contributed by atoms with Gasteiger partial charge in [-0.15, -0.1) is 0 Å². The van der Waals surface area contributed by atoms with Crippen molar-refractivity contribution in [1.82, 2.24) is 0 Å². The minimum absolute atomic E-state index is 0.0163. The number of carbonyl (C=O) groups is 1. The fraction of sp³-hybridized carbons (Fsp3) is 0.629. The van der Waals surface area contributed by atoms with Crippen molar-refractivity contribution < 1.29 is 23.4 Å². The average molecular weight is 579 g/mol. The van der Waals surface area contributed by atoms with Crippen LogP contribution < -0.4 is 10.4 Å². The van der Waals surface area contributed by atoms with Crippen molar-refractivity contribution >= 4 is 24.7 Å². The molecule has 5 rings (SSSR count). The SMILES string of the molecule is CCCCC[C@@]12COC(=O)C[C@@H]1[C@@H](CO[Si](c1ccccc1)(c1ccccc1)C(C)(C)C)[C@H](OC1CCCCO1)C2. The Balaban J connectivity index is 1.52. The summed E-state index contributed by atoms with van der Waals surface area (Å²) in [6.07, 6.45) is 8.92. The van der Waals surface area contributed by atoms with Crippen LogP contribution in [0.4, 0.5) is 0 Å². The van der Waals surface area contributed by atoms with Crippen molar-refractivity contribution in [3.05, 3.63) is 60.7 Å². The monoisotopic (exact) mass is 578 g/mol. The minimum Gasteiger partial charge on any atom is -0.465 e. The maximum Gasteiger partial charge on any atom is 0.306 e. The number of rotatable bonds is 11. The van der Waals surface area contributed by atoms with E-state index >= 15 is 0 Å². The topological polar surface area (TPSA) is 54.0 Å². The number of benzene rings is 2. The zero-order valence-corrected chi connectivity index (χ0v) is 26.6. The van der Waals surface area contributed by atoms with Crippen LogP contribution in [-0.2, 0) is 23.4 Å². The molecule has 2 aromatic rings. The lowest BCUT2D eigenvalue weighted by Gasteiger charge is -2.45. The van der Waals surface area contributed by atoms with E-state index in [9.17, 15) is 4.79 Å². The van der Waals surface area contributed by atoms with Gasteiger partial charge in [0.2, 0.25) is 0 Å². The summed E-state index contributed by atoms with van der Waals surface area (Å²) >= 11 is 0. The summed E-state index contributed by atoms with van der Waals surface area (Å²) in [5, 5.41) is 2.45. The molecule has 5 nitrogen and oxygen atoms in total. The maximum absolute atomic E-state index is 12.8. The standard InChI is InChI=1S/C35H50O5Si/c1-5-6-14-21-35-24-31(40-33-20-13-15-22-37-33)29(30(35)23-32(36)38-26-35)25-39-41(34(2,3)4,27-16-9-7-10-17-27)28-18-11-8-12-19-28/h7-12,16-19,29-31,33H,5-6,13-15,20-26H2,1-4H3/t29-,30-,31-,33?,35-/m1/s1. The van der Waals surface area contributed by atoms with Crippen LogP contribution in [0.15, 0.2) is 60.7 Å². The molecular formula is C35H50O5Si. The van der Waals surface area contributed by atoms with Crippen molar-refractivity contribution in [2.75, 3.05) is 19.8 Å². The van der Waals surface area contributed by atoms with E-state index in [1.807, 2.05) is 0 Å². The molecule has 0 N–H and O–H groups in total. The number of hydrogen-bond acceptors (Lipinski definition) is 5. The highest BCUT2D eigenvalue weighted by Crippen LogP contribution is 2.56. The lowest BCUT2D eigenvalue weighted by molar-refractivity contribution is -0.197. The third kappa shape index (κ3) is 6.36. The average Bonchev–Trinajstić information content (AvgIpc) is 3.26. The van der Waals surface area contributed by atoms with Crippen molar-refractivity contribution in [2.45, 2.75) is 103 Å². The fourth-order valence-electron chi connectivity index (χ4n) is 7.87. The van der Waals surface area contributed by atoms with Crippen LogP contribution in [0.5, 0.6) is 0 Å². The number of carbonyl (C=O) groups excluding carboxylic acids is 1. The predicted molar refractivity (Wildman–Crippen MR) is 166 cm³/mol. The third-order valence-electron chi connectivity index (χ3n) is 9.95. The van der Waals surface area contributed by atoms with Crippen molar-refractivity contribution in [1.29, 1.82) is 0 Å². The van der Waals surface area contributed by atoms with E-state index in [4.69, 9.17) is 18.6 Å². The molecule has 0 bridgehead atoms. The van der Waals surface area contributed by atoms with Gasteiger partial charge in [0.05, 0.1) is 12.7 Å². The second-order valence-corrected chi connectivity index (χ2v) is 17.9. The largest absolute Gasteiger partial charge is 0.465 e. The number of hydrogen-bond donors (Lipinski definition) is 0. The van der Waals surface area contributed by atoms with E-state index in [-0.39, 0.29) is 40.7 Å². The number of ether oxygens (including phenoxy) is 3. The maximum atomic E-state index is 12.8. The number of fused-ring (bicyclic) bond motifs is 1. The predicted octanol–water partition coefficient (Wildman–Crippen LogP) is 6.62. The summed E-state index contributed by atoms with van der Waals surface area (Å²) in [6, 6.07) is 21.7. The Hall–Kier alpha value is -1.99.